The fourth-order valence-corrected chi connectivity index (χ4v) is 4.14. The molecule has 0 saturated carbocycles. The third-order valence-electron chi connectivity index (χ3n) is 5.84. The van der Waals surface area contributed by atoms with Crippen molar-refractivity contribution in [3.8, 4) is 0 Å². The van der Waals surface area contributed by atoms with Gasteiger partial charge in [0.1, 0.15) is 6.54 Å². The number of benzene rings is 3. The summed E-state index contributed by atoms with van der Waals surface area (Å²) in [5.41, 5.74) is 1.24. The van der Waals surface area contributed by atoms with E-state index in [1.165, 1.54) is 6.07 Å². The fourth-order valence-electron chi connectivity index (χ4n) is 4.14. The number of halogens is 6. The topological polar surface area (TPSA) is 79.8 Å². The molecule has 2 N–H and O–H groups in total. The number of hydrogen-bond acceptors (Lipinski definition) is 4. The van der Waals surface area contributed by atoms with Gasteiger partial charge < -0.3 is 15.5 Å². The van der Waals surface area contributed by atoms with Gasteiger partial charge in [0.2, 0.25) is 5.91 Å². The first-order valence-corrected chi connectivity index (χ1v) is 11.4. The zero-order chi connectivity index (χ0) is 27.7. The lowest BCUT2D eigenvalue weighted by Gasteiger charge is -2.14. The van der Waals surface area contributed by atoms with E-state index in [1.54, 1.807) is 48.6 Å². The molecule has 38 heavy (non-hydrogen) atoms. The molecule has 0 saturated heterocycles. The van der Waals surface area contributed by atoms with Crippen LogP contribution >= 0.6 is 0 Å². The van der Waals surface area contributed by atoms with E-state index in [1.807, 2.05) is 0 Å². The largest absolute Gasteiger partial charge is 0.416 e. The molecule has 1 atom stereocenters. The average Bonchev–Trinajstić information content (AvgIpc) is 3.34. The Balaban J connectivity index is 1.53. The van der Waals surface area contributed by atoms with Crippen LogP contribution in [-0.4, -0.2) is 36.8 Å². The molecule has 200 valence electrons. The number of nitrogens with zero attached hydrogens (tertiary/aromatic N) is 1. The van der Waals surface area contributed by atoms with Gasteiger partial charge in [-0.15, -0.1) is 0 Å². The van der Waals surface area contributed by atoms with Crippen LogP contribution in [0.15, 0.2) is 59.8 Å². The minimum Gasteiger partial charge on any atom is -0.387 e. The number of nitrogens with one attached hydrogen (secondary N) is 2. The number of aryl methyl sites for hydroxylation is 1. The maximum absolute atomic E-state index is 13.3. The van der Waals surface area contributed by atoms with Crippen molar-refractivity contribution in [1.29, 1.82) is 0 Å². The van der Waals surface area contributed by atoms with E-state index < -0.39 is 48.9 Å². The molecule has 0 radical (unpaired) electrons. The number of alkyl halides is 6. The molecule has 0 bridgehead atoms. The standard InChI is InChI=1S/C26H21F6N3O3/c1-14-8-15(10-16(9-14)26(30,31)32)22-11-21(35-38-22)19-6-7-20(18-5-3-2-4-17(18)19)24(37)33-12-23(36)34-13-25(27,28)29/h2-10,22H,11-13H2,1H3,(H,33,37)(H,34,36)/t22-/m0/s1. The van der Waals surface area contributed by atoms with Crippen molar-refractivity contribution in [3.63, 3.8) is 0 Å². The van der Waals surface area contributed by atoms with E-state index in [0.29, 0.717) is 33.2 Å². The van der Waals surface area contributed by atoms with Gasteiger partial charge in [-0.25, -0.2) is 0 Å². The molecule has 0 unspecified atom stereocenters. The van der Waals surface area contributed by atoms with Gasteiger partial charge in [-0.2, -0.15) is 26.3 Å². The Labute approximate surface area is 212 Å². The van der Waals surface area contributed by atoms with Crippen molar-refractivity contribution < 1.29 is 40.8 Å². The highest BCUT2D eigenvalue weighted by molar-refractivity contribution is 6.16. The van der Waals surface area contributed by atoms with E-state index in [4.69, 9.17) is 4.84 Å². The quantitative estimate of drug-likeness (QED) is 0.411. The summed E-state index contributed by atoms with van der Waals surface area (Å²) in [6.07, 6.45) is -9.62. The van der Waals surface area contributed by atoms with E-state index >= 15 is 0 Å². The minimum atomic E-state index is -4.57. The van der Waals surface area contributed by atoms with Crippen LogP contribution in [0.4, 0.5) is 26.3 Å². The molecular formula is C26H21F6N3O3. The van der Waals surface area contributed by atoms with Crippen LogP contribution < -0.4 is 10.6 Å². The first-order valence-electron chi connectivity index (χ1n) is 11.4. The second-order valence-corrected chi connectivity index (χ2v) is 8.75. The molecule has 1 heterocycles. The number of fused-ring (bicyclic) bond motifs is 1. The molecule has 12 heteroatoms. The van der Waals surface area contributed by atoms with Crippen LogP contribution in [0.2, 0.25) is 0 Å². The molecule has 6 nitrogen and oxygen atoms in total. The third-order valence-corrected chi connectivity index (χ3v) is 5.84. The molecule has 1 aliphatic rings. The molecule has 0 spiro atoms. The summed E-state index contributed by atoms with van der Waals surface area (Å²) in [7, 11) is 0. The Bertz CT molecular complexity index is 1420. The molecule has 2 amide bonds. The Morgan fingerprint density at radius 3 is 2.37 bits per heavy atom. The lowest BCUT2D eigenvalue weighted by Crippen LogP contribution is -2.40. The molecule has 0 aromatic heterocycles. The summed E-state index contributed by atoms with van der Waals surface area (Å²) < 4.78 is 76.6. The summed E-state index contributed by atoms with van der Waals surface area (Å²) in [6.45, 7) is -0.596. The van der Waals surface area contributed by atoms with Crippen LogP contribution in [0.25, 0.3) is 10.8 Å². The zero-order valence-electron chi connectivity index (χ0n) is 19.8. The maximum Gasteiger partial charge on any atom is 0.416 e. The van der Waals surface area contributed by atoms with E-state index in [2.05, 4.69) is 10.5 Å². The van der Waals surface area contributed by atoms with Gasteiger partial charge in [0.05, 0.1) is 17.8 Å². The van der Waals surface area contributed by atoms with Crippen molar-refractivity contribution in [2.75, 3.05) is 13.1 Å². The van der Waals surface area contributed by atoms with Crippen LogP contribution in [0.1, 0.15) is 45.1 Å². The second-order valence-electron chi connectivity index (χ2n) is 8.75. The highest BCUT2D eigenvalue weighted by Crippen LogP contribution is 2.37. The predicted octanol–water partition coefficient (Wildman–Crippen LogP) is 5.44. The van der Waals surface area contributed by atoms with Gasteiger partial charge in [-0.1, -0.05) is 47.1 Å². The Morgan fingerprint density at radius 2 is 1.68 bits per heavy atom. The van der Waals surface area contributed by atoms with Crippen molar-refractivity contribution in [2.45, 2.75) is 31.8 Å². The fraction of sp³-hybridized carbons (Fsp3) is 0.269. The molecule has 0 fully saturated rings. The zero-order valence-corrected chi connectivity index (χ0v) is 19.8. The van der Waals surface area contributed by atoms with Gasteiger partial charge in [0, 0.05) is 17.5 Å². The highest BCUT2D eigenvalue weighted by Gasteiger charge is 2.33. The Morgan fingerprint density at radius 1 is 0.974 bits per heavy atom. The smallest absolute Gasteiger partial charge is 0.387 e. The van der Waals surface area contributed by atoms with Gasteiger partial charge >= 0.3 is 12.4 Å². The lowest BCUT2D eigenvalue weighted by molar-refractivity contribution is -0.137. The molecule has 3 aromatic carbocycles. The second kappa shape index (κ2) is 10.3. The Hall–Kier alpha value is -4.09. The normalized spacial score (nSPS) is 15.7. The molecule has 0 aliphatic carbocycles. The van der Waals surface area contributed by atoms with Crippen molar-refractivity contribution in [3.05, 3.63) is 82.4 Å². The summed E-state index contributed by atoms with van der Waals surface area (Å²) in [6, 6.07) is 13.6. The van der Waals surface area contributed by atoms with Gasteiger partial charge in [-0.3, -0.25) is 9.59 Å². The van der Waals surface area contributed by atoms with E-state index in [-0.39, 0.29) is 12.0 Å². The first kappa shape index (κ1) is 27.0. The minimum absolute atomic E-state index is 0.178. The summed E-state index contributed by atoms with van der Waals surface area (Å²) in [4.78, 5) is 29.8. The van der Waals surface area contributed by atoms with Crippen molar-refractivity contribution in [1.82, 2.24) is 10.6 Å². The Kier molecular flexibility index (Phi) is 7.34. The van der Waals surface area contributed by atoms with Crippen LogP contribution in [0.3, 0.4) is 0 Å². The number of rotatable bonds is 6. The summed E-state index contributed by atoms with van der Waals surface area (Å²) >= 11 is 0. The summed E-state index contributed by atoms with van der Waals surface area (Å²) in [5, 5.41) is 9.16. The van der Waals surface area contributed by atoms with Crippen LogP contribution in [0.5, 0.6) is 0 Å². The van der Waals surface area contributed by atoms with Crippen LogP contribution in [-0.2, 0) is 15.8 Å². The average molecular weight is 537 g/mol. The SMILES string of the molecule is Cc1cc([C@@H]2CC(c3ccc(C(=O)NCC(=O)NCC(F)(F)F)c4ccccc34)=NO2)cc(C(F)(F)F)c1. The number of carbonyl (C=O) groups excluding carboxylic acids is 2. The van der Waals surface area contributed by atoms with Gasteiger partial charge in [0.15, 0.2) is 6.10 Å². The monoisotopic (exact) mass is 537 g/mol. The van der Waals surface area contributed by atoms with Crippen LogP contribution in [0, 0.1) is 6.92 Å². The van der Waals surface area contributed by atoms with Crippen molar-refractivity contribution >= 4 is 28.3 Å². The maximum atomic E-state index is 13.3. The van der Waals surface area contributed by atoms with Crippen molar-refractivity contribution in [2.24, 2.45) is 5.16 Å². The molecule has 3 aromatic rings. The number of carbonyl (C=O) groups is 2. The van der Waals surface area contributed by atoms with Gasteiger partial charge in [-0.05, 0) is 41.5 Å². The number of amides is 2. The highest BCUT2D eigenvalue weighted by atomic mass is 19.4. The lowest BCUT2D eigenvalue weighted by atomic mass is 9.92. The predicted molar refractivity (Wildman–Crippen MR) is 127 cm³/mol. The van der Waals surface area contributed by atoms with E-state index in [0.717, 1.165) is 12.1 Å². The third kappa shape index (κ3) is 6.24. The van der Waals surface area contributed by atoms with Gasteiger partial charge in [0.25, 0.3) is 5.91 Å². The molecule has 1 aliphatic heterocycles. The number of oxime groups is 1. The van der Waals surface area contributed by atoms with E-state index in [9.17, 15) is 35.9 Å². The number of hydrogen-bond donors (Lipinski definition) is 2. The summed E-state index contributed by atoms with van der Waals surface area (Å²) in [5.74, 6) is -1.67. The molecule has 4 rings (SSSR count). The first-order chi connectivity index (χ1) is 17.8. The molecular weight excluding hydrogens is 516 g/mol.